The van der Waals surface area contributed by atoms with Gasteiger partial charge in [0.1, 0.15) is 11.4 Å². The summed E-state index contributed by atoms with van der Waals surface area (Å²) in [6, 6.07) is 6.62. The molecule has 3 heteroatoms. The van der Waals surface area contributed by atoms with E-state index in [0.717, 1.165) is 37.1 Å². The summed E-state index contributed by atoms with van der Waals surface area (Å²) < 4.78 is 6.32. The number of fused-ring (bicyclic) bond motifs is 1. The van der Waals surface area contributed by atoms with Crippen LogP contribution in [0.3, 0.4) is 0 Å². The molecule has 0 bridgehead atoms. The predicted molar refractivity (Wildman–Crippen MR) is 75.4 cm³/mol. The quantitative estimate of drug-likeness (QED) is 0.779. The zero-order valence-electron chi connectivity index (χ0n) is 12.0. The molecule has 2 aliphatic heterocycles. The minimum absolute atomic E-state index is 0.173. The largest absolute Gasteiger partial charge is 0.487 e. The van der Waals surface area contributed by atoms with Crippen LogP contribution in [0, 0.1) is 6.92 Å². The fourth-order valence-electron chi connectivity index (χ4n) is 3.43. The van der Waals surface area contributed by atoms with Crippen molar-refractivity contribution in [3.05, 3.63) is 29.3 Å². The Hall–Kier alpha value is -1.06. The molecule has 3 nitrogen and oxygen atoms in total. The van der Waals surface area contributed by atoms with Gasteiger partial charge in [-0.25, -0.2) is 0 Å². The van der Waals surface area contributed by atoms with E-state index in [9.17, 15) is 5.11 Å². The Balaban J connectivity index is 1.90. The first-order valence-electron chi connectivity index (χ1n) is 7.17. The first-order chi connectivity index (χ1) is 8.99. The second-order valence-corrected chi connectivity index (χ2v) is 6.33. The van der Waals surface area contributed by atoms with E-state index in [4.69, 9.17) is 4.74 Å². The maximum atomic E-state index is 10.5. The molecule has 0 aliphatic carbocycles. The molecule has 0 aromatic heterocycles. The SMILES string of the molecule is Cc1ccc2c(c1)[C@@H](O)CC1(CCN(C)C(C)C1)O2. The first kappa shape index (κ1) is 12.9. The smallest absolute Gasteiger partial charge is 0.125 e. The topological polar surface area (TPSA) is 32.7 Å². The first-order valence-corrected chi connectivity index (χ1v) is 7.17. The van der Waals surface area contributed by atoms with Gasteiger partial charge in [-0.1, -0.05) is 11.6 Å². The highest BCUT2D eigenvalue weighted by molar-refractivity contribution is 5.41. The molecular weight excluding hydrogens is 238 g/mol. The number of hydrogen-bond acceptors (Lipinski definition) is 3. The van der Waals surface area contributed by atoms with Crippen LogP contribution in [0.5, 0.6) is 5.75 Å². The summed E-state index contributed by atoms with van der Waals surface area (Å²) in [6.07, 6.45) is 2.33. The van der Waals surface area contributed by atoms with Crippen molar-refractivity contribution in [1.29, 1.82) is 0 Å². The Morgan fingerprint density at radius 2 is 2.16 bits per heavy atom. The number of likely N-dealkylation sites (tertiary alicyclic amines) is 1. The van der Waals surface area contributed by atoms with Crippen LogP contribution in [0.1, 0.15) is 43.4 Å². The molecule has 3 rings (SSSR count). The molecule has 1 N–H and O–H groups in total. The van der Waals surface area contributed by atoms with Gasteiger partial charge in [-0.2, -0.15) is 0 Å². The molecule has 0 radical (unpaired) electrons. The molecule has 0 amide bonds. The van der Waals surface area contributed by atoms with Gasteiger partial charge in [-0.15, -0.1) is 0 Å². The molecule has 1 aromatic rings. The van der Waals surface area contributed by atoms with Gasteiger partial charge in [0.15, 0.2) is 0 Å². The molecule has 2 aliphatic rings. The lowest BCUT2D eigenvalue weighted by Crippen LogP contribution is -2.52. The summed E-state index contributed by atoms with van der Waals surface area (Å²) in [6.45, 7) is 5.32. The van der Waals surface area contributed by atoms with E-state index >= 15 is 0 Å². The zero-order valence-corrected chi connectivity index (χ0v) is 12.0. The average molecular weight is 261 g/mol. The van der Waals surface area contributed by atoms with Gasteiger partial charge in [0.2, 0.25) is 0 Å². The number of piperidine rings is 1. The molecule has 1 fully saturated rings. The van der Waals surface area contributed by atoms with Crippen LogP contribution in [0.2, 0.25) is 0 Å². The second-order valence-electron chi connectivity index (χ2n) is 6.33. The average Bonchev–Trinajstić information content (AvgIpc) is 2.36. The van der Waals surface area contributed by atoms with Crippen molar-refractivity contribution in [3.8, 4) is 5.75 Å². The summed E-state index contributed by atoms with van der Waals surface area (Å²) in [5.41, 5.74) is 1.96. The standard InChI is InChI=1S/C16H23NO2/c1-11-4-5-15-13(8-11)14(18)10-16(19-15)6-7-17(3)12(2)9-16/h4-5,8,12,14,18H,6-7,9-10H2,1-3H3/t12?,14-,16?/m0/s1. The number of aliphatic hydroxyl groups excluding tert-OH is 1. The summed E-state index contributed by atoms with van der Waals surface area (Å²) in [4.78, 5) is 2.37. The Kier molecular flexibility index (Phi) is 3.06. The van der Waals surface area contributed by atoms with Gasteiger partial charge in [0.05, 0.1) is 6.10 Å². The molecule has 104 valence electrons. The van der Waals surface area contributed by atoms with Gasteiger partial charge in [0.25, 0.3) is 0 Å². The lowest BCUT2D eigenvalue weighted by molar-refractivity contribution is -0.0645. The number of ether oxygens (including phenoxy) is 1. The molecule has 1 aromatic carbocycles. The third-order valence-electron chi connectivity index (χ3n) is 4.76. The van der Waals surface area contributed by atoms with Crippen LogP contribution < -0.4 is 4.74 Å². The molecule has 1 spiro atoms. The van der Waals surface area contributed by atoms with E-state index in [-0.39, 0.29) is 11.7 Å². The third-order valence-corrected chi connectivity index (χ3v) is 4.76. The molecule has 3 atom stereocenters. The second kappa shape index (κ2) is 4.50. The Morgan fingerprint density at radius 1 is 1.37 bits per heavy atom. The fourth-order valence-corrected chi connectivity index (χ4v) is 3.43. The predicted octanol–water partition coefficient (Wildman–Crippen LogP) is 2.66. The molecule has 1 saturated heterocycles. The third kappa shape index (κ3) is 2.26. The van der Waals surface area contributed by atoms with Crippen molar-refractivity contribution < 1.29 is 9.84 Å². The van der Waals surface area contributed by atoms with Crippen molar-refractivity contribution in [2.45, 2.75) is 50.9 Å². The highest BCUT2D eigenvalue weighted by Gasteiger charge is 2.44. The van der Waals surface area contributed by atoms with Crippen molar-refractivity contribution in [1.82, 2.24) is 4.90 Å². The maximum absolute atomic E-state index is 10.5. The van der Waals surface area contributed by atoms with Gasteiger partial charge in [-0.3, -0.25) is 0 Å². The number of rotatable bonds is 0. The number of benzene rings is 1. The Labute approximate surface area is 115 Å². The van der Waals surface area contributed by atoms with E-state index in [1.54, 1.807) is 0 Å². The normalized spacial score (nSPS) is 34.9. The number of nitrogens with zero attached hydrogens (tertiary/aromatic N) is 1. The van der Waals surface area contributed by atoms with Crippen LogP contribution in [-0.2, 0) is 0 Å². The van der Waals surface area contributed by atoms with E-state index in [2.05, 4.69) is 31.9 Å². The monoisotopic (exact) mass is 261 g/mol. The molecule has 19 heavy (non-hydrogen) atoms. The summed E-state index contributed by atoms with van der Waals surface area (Å²) in [5, 5.41) is 10.5. The highest BCUT2D eigenvalue weighted by atomic mass is 16.5. The molecule has 2 heterocycles. The van der Waals surface area contributed by atoms with Crippen molar-refractivity contribution in [3.63, 3.8) is 0 Å². The van der Waals surface area contributed by atoms with Gasteiger partial charge < -0.3 is 14.7 Å². The van der Waals surface area contributed by atoms with E-state index in [1.807, 2.05) is 12.1 Å². The summed E-state index contributed by atoms with van der Waals surface area (Å²) in [7, 11) is 2.16. The summed E-state index contributed by atoms with van der Waals surface area (Å²) in [5.74, 6) is 0.876. The maximum Gasteiger partial charge on any atom is 0.125 e. The minimum atomic E-state index is -0.390. The van der Waals surface area contributed by atoms with E-state index in [1.165, 1.54) is 5.56 Å². The van der Waals surface area contributed by atoms with Crippen LogP contribution in [0.15, 0.2) is 18.2 Å². The molecular formula is C16H23NO2. The zero-order chi connectivity index (χ0) is 13.6. The van der Waals surface area contributed by atoms with Crippen LogP contribution >= 0.6 is 0 Å². The lowest BCUT2D eigenvalue weighted by atomic mass is 9.79. The highest BCUT2D eigenvalue weighted by Crippen LogP contribution is 2.45. The lowest BCUT2D eigenvalue weighted by Gasteiger charge is -2.47. The minimum Gasteiger partial charge on any atom is -0.487 e. The van der Waals surface area contributed by atoms with Gasteiger partial charge >= 0.3 is 0 Å². The molecule has 2 unspecified atom stereocenters. The number of hydrogen-bond donors (Lipinski definition) is 1. The Morgan fingerprint density at radius 3 is 2.89 bits per heavy atom. The molecule has 0 saturated carbocycles. The number of aliphatic hydroxyl groups is 1. The van der Waals surface area contributed by atoms with Crippen molar-refractivity contribution >= 4 is 0 Å². The van der Waals surface area contributed by atoms with Crippen LogP contribution in [0.4, 0.5) is 0 Å². The van der Waals surface area contributed by atoms with Gasteiger partial charge in [-0.05, 0) is 39.4 Å². The number of aryl methyl sites for hydroxylation is 1. The summed E-state index contributed by atoms with van der Waals surface area (Å²) >= 11 is 0. The van der Waals surface area contributed by atoms with Crippen LogP contribution in [-0.4, -0.2) is 35.2 Å². The fraction of sp³-hybridized carbons (Fsp3) is 0.625. The van der Waals surface area contributed by atoms with Gasteiger partial charge in [0, 0.05) is 31.0 Å². The van der Waals surface area contributed by atoms with Crippen molar-refractivity contribution in [2.75, 3.05) is 13.6 Å². The van der Waals surface area contributed by atoms with Crippen molar-refractivity contribution in [2.24, 2.45) is 0 Å². The Bertz CT molecular complexity index is 488. The van der Waals surface area contributed by atoms with E-state index < -0.39 is 0 Å². The van der Waals surface area contributed by atoms with E-state index in [0.29, 0.717) is 6.04 Å². The van der Waals surface area contributed by atoms with Crippen LogP contribution in [0.25, 0.3) is 0 Å².